The first kappa shape index (κ1) is 28.7. The molecule has 3 N–H and O–H groups in total. The van der Waals surface area contributed by atoms with Gasteiger partial charge in [-0.25, -0.2) is 4.99 Å². The number of rotatable bonds is 13. The van der Waals surface area contributed by atoms with Crippen LogP contribution in [0.3, 0.4) is 0 Å². The minimum Gasteiger partial charge on any atom is -0.395 e. The second kappa shape index (κ2) is 13.6. The number of aliphatic hydroxyl groups is 1. The summed E-state index contributed by atoms with van der Waals surface area (Å²) >= 11 is 0. The van der Waals surface area contributed by atoms with Gasteiger partial charge in [-0.15, -0.1) is 0 Å². The minimum atomic E-state index is -1.17. The smallest absolute Gasteiger partial charge is 0.173 e. The number of allylic oxidation sites excluding steroid dienone is 4. The number of aliphatic imine (C=N–C) groups is 1. The molecule has 2 aromatic carbocycles. The van der Waals surface area contributed by atoms with Crippen molar-refractivity contribution < 1.29 is 14.7 Å². The van der Waals surface area contributed by atoms with Crippen LogP contribution in [-0.2, 0) is 15.1 Å². The maximum absolute atomic E-state index is 14.3. The number of hydrogen-bond donors (Lipinski definition) is 2. The number of ketones is 2. The molecule has 0 spiro atoms. The monoisotopic (exact) mass is 527 g/mol. The average Bonchev–Trinajstić information content (AvgIpc) is 2.96. The fourth-order valence-corrected chi connectivity index (χ4v) is 5.89. The van der Waals surface area contributed by atoms with E-state index < -0.39 is 5.54 Å². The van der Waals surface area contributed by atoms with E-state index in [2.05, 4.69) is 17.9 Å². The zero-order valence-electron chi connectivity index (χ0n) is 23.0. The zero-order chi connectivity index (χ0) is 27.7. The van der Waals surface area contributed by atoms with Gasteiger partial charge in [-0.1, -0.05) is 85.3 Å². The van der Waals surface area contributed by atoms with Crippen LogP contribution in [0.5, 0.6) is 0 Å². The van der Waals surface area contributed by atoms with Gasteiger partial charge in [0.2, 0.25) is 0 Å². The van der Waals surface area contributed by atoms with Gasteiger partial charge in [0.1, 0.15) is 0 Å². The zero-order valence-corrected chi connectivity index (χ0v) is 23.0. The first-order chi connectivity index (χ1) is 19.0. The first-order valence-corrected chi connectivity index (χ1v) is 14.2. The molecule has 1 aliphatic carbocycles. The Morgan fingerprint density at radius 3 is 2.33 bits per heavy atom. The van der Waals surface area contributed by atoms with Gasteiger partial charge in [0.25, 0.3) is 0 Å². The Morgan fingerprint density at radius 1 is 1.05 bits per heavy atom. The van der Waals surface area contributed by atoms with Crippen LogP contribution in [0.25, 0.3) is 0 Å². The molecular weight excluding hydrogens is 486 g/mol. The van der Waals surface area contributed by atoms with Crippen LogP contribution >= 0.6 is 0 Å². The third-order valence-corrected chi connectivity index (χ3v) is 7.73. The third kappa shape index (κ3) is 6.81. The lowest BCUT2D eigenvalue weighted by molar-refractivity contribution is -0.127. The number of Topliss-reactive ketones (excluding diaryl/α,β-unsaturated/α-hetero) is 2. The van der Waals surface area contributed by atoms with Crippen molar-refractivity contribution in [3.63, 3.8) is 0 Å². The maximum Gasteiger partial charge on any atom is 0.173 e. The normalized spacial score (nSPS) is 18.9. The van der Waals surface area contributed by atoms with Crippen molar-refractivity contribution in [1.82, 2.24) is 4.90 Å². The molecule has 6 heteroatoms. The molecule has 0 fully saturated rings. The molecule has 0 saturated heterocycles. The van der Waals surface area contributed by atoms with Gasteiger partial charge in [0.05, 0.1) is 12.4 Å². The van der Waals surface area contributed by atoms with Gasteiger partial charge in [-0.3, -0.25) is 9.59 Å². The van der Waals surface area contributed by atoms with Crippen molar-refractivity contribution in [2.24, 2.45) is 16.6 Å². The van der Waals surface area contributed by atoms with Gasteiger partial charge < -0.3 is 15.7 Å². The molecule has 0 saturated carbocycles. The first-order valence-electron chi connectivity index (χ1n) is 14.2. The van der Waals surface area contributed by atoms with Crippen LogP contribution in [-0.4, -0.2) is 53.6 Å². The Bertz CT molecular complexity index is 1170. The van der Waals surface area contributed by atoms with Crippen LogP contribution < -0.4 is 5.73 Å². The predicted molar refractivity (Wildman–Crippen MR) is 156 cm³/mol. The molecule has 0 amide bonds. The molecule has 1 atom stereocenters. The lowest BCUT2D eigenvalue weighted by Crippen LogP contribution is -2.46. The molecule has 0 bridgehead atoms. The number of nitrogens with two attached hydrogens (primary N) is 1. The van der Waals surface area contributed by atoms with Gasteiger partial charge in [0.15, 0.2) is 17.1 Å². The van der Waals surface area contributed by atoms with E-state index in [9.17, 15) is 14.7 Å². The van der Waals surface area contributed by atoms with E-state index in [1.165, 1.54) is 0 Å². The molecule has 1 heterocycles. The molecule has 206 valence electrons. The molecule has 1 unspecified atom stereocenters. The predicted octanol–water partition coefficient (Wildman–Crippen LogP) is 4.97. The van der Waals surface area contributed by atoms with Crippen molar-refractivity contribution in [1.29, 1.82) is 0 Å². The number of carbonyl (C=O) groups is 2. The van der Waals surface area contributed by atoms with Crippen LogP contribution in [0, 0.1) is 5.92 Å². The van der Waals surface area contributed by atoms with Crippen molar-refractivity contribution in [3.8, 4) is 0 Å². The Morgan fingerprint density at radius 2 is 1.72 bits per heavy atom. The topological polar surface area (TPSA) is 96.0 Å². The second-order valence-corrected chi connectivity index (χ2v) is 10.6. The lowest BCUT2D eigenvalue weighted by atomic mass is 9.71. The summed E-state index contributed by atoms with van der Waals surface area (Å²) in [5.74, 6) is 0.367. The number of nitrogens with zero attached hydrogens (tertiary/aromatic N) is 2. The highest BCUT2D eigenvalue weighted by Crippen LogP contribution is 2.42. The largest absolute Gasteiger partial charge is 0.395 e. The van der Waals surface area contributed by atoms with Gasteiger partial charge >= 0.3 is 0 Å². The van der Waals surface area contributed by atoms with Gasteiger partial charge in [0, 0.05) is 25.3 Å². The second-order valence-electron chi connectivity index (χ2n) is 10.6. The Labute approximate surface area is 232 Å². The number of benzene rings is 2. The summed E-state index contributed by atoms with van der Waals surface area (Å²) in [7, 11) is 0. The summed E-state index contributed by atoms with van der Waals surface area (Å²) in [6.45, 7) is 4.65. The summed E-state index contributed by atoms with van der Waals surface area (Å²) in [6, 6.07) is 19.4. The maximum atomic E-state index is 14.3. The molecule has 39 heavy (non-hydrogen) atoms. The van der Waals surface area contributed by atoms with Crippen molar-refractivity contribution in [2.45, 2.75) is 57.4 Å². The van der Waals surface area contributed by atoms with E-state index >= 15 is 0 Å². The van der Waals surface area contributed by atoms with E-state index in [4.69, 9.17) is 10.7 Å². The molecule has 2 aliphatic rings. The number of hydrogen-bond acceptors (Lipinski definition) is 6. The molecule has 4 rings (SSSR count). The van der Waals surface area contributed by atoms with E-state index in [1.807, 2.05) is 66.7 Å². The molecule has 2 aromatic rings. The Kier molecular flexibility index (Phi) is 10.0. The summed E-state index contributed by atoms with van der Waals surface area (Å²) < 4.78 is 0. The highest BCUT2D eigenvalue weighted by molar-refractivity contribution is 6.03. The molecule has 0 radical (unpaired) electrons. The van der Waals surface area contributed by atoms with Crippen molar-refractivity contribution in [2.75, 3.05) is 26.2 Å². The van der Waals surface area contributed by atoms with Crippen LogP contribution in [0.15, 0.2) is 89.0 Å². The molecule has 0 aromatic heterocycles. The quantitative estimate of drug-likeness (QED) is 0.384. The van der Waals surface area contributed by atoms with E-state index in [-0.39, 0.29) is 24.1 Å². The van der Waals surface area contributed by atoms with E-state index in [1.54, 1.807) is 0 Å². The molecule has 6 nitrogen and oxygen atoms in total. The standard InChI is InChI=1S/C33H41N3O3/c1-2-18-36(20-21-37)19-10-17-30(38)26-12-9-11-25(22-26)23-27-24-31(34)35-33(32(27)39,28-13-5-3-6-14-28)29-15-7-4-8-16-29/h3-8,11,13-16,22,27,37H,2,9-10,12,17-21,23-24H2,1H3,(H2,34,35). The van der Waals surface area contributed by atoms with E-state index in [0.29, 0.717) is 31.6 Å². The SMILES string of the molecule is CCCN(CCO)CCCC(=O)C1=CC(CC2CC(N)=NC(c3ccccc3)(c3ccccc3)C2=O)=CCC1. The van der Waals surface area contributed by atoms with E-state index in [0.717, 1.165) is 61.0 Å². The molecular formula is C33H41N3O3. The third-order valence-electron chi connectivity index (χ3n) is 7.73. The number of amidine groups is 1. The minimum absolute atomic E-state index is 0.0433. The summed E-state index contributed by atoms with van der Waals surface area (Å²) in [5.41, 5.74) is 8.76. The Balaban J connectivity index is 1.50. The fraction of sp³-hybridized carbons (Fsp3) is 0.424. The summed E-state index contributed by atoms with van der Waals surface area (Å²) in [4.78, 5) is 34.4. The number of aliphatic hydroxyl groups excluding tert-OH is 1. The number of carbonyl (C=O) groups excluding carboxylic acids is 2. The van der Waals surface area contributed by atoms with Gasteiger partial charge in [-0.05, 0) is 61.9 Å². The highest BCUT2D eigenvalue weighted by Gasteiger charge is 2.48. The average molecular weight is 528 g/mol. The highest BCUT2D eigenvalue weighted by atomic mass is 16.3. The van der Waals surface area contributed by atoms with Crippen molar-refractivity contribution >= 4 is 17.4 Å². The van der Waals surface area contributed by atoms with Crippen molar-refractivity contribution in [3.05, 3.63) is 95.1 Å². The Hall–Kier alpha value is -3.35. The van der Waals surface area contributed by atoms with Crippen LogP contribution in [0.2, 0.25) is 0 Å². The molecule has 1 aliphatic heterocycles. The van der Waals surface area contributed by atoms with Gasteiger partial charge in [-0.2, -0.15) is 0 Å². The lowest BCUT2D eigenvalue weighted by Gasteiger charge is -2.37. The fourth-order valence-electron chi connectivity index (χ4n) is 5.89. The summed E-state index contributed by atoms with van der Waals surface area (Å²) in [6.07, 6.45) is 8.94. The van der Waals surface area contributed by atoms with Crippen LogP contribution in [0.1, 0.15) is 63.0 Å². The van der Waals surface area contributed by atoms with Crippen LogP contribution in [0.4, 0.5) is 0 Å². The summed E-state index contributed by atoms with van der Waals surface area (Å²) in [5, 5.41) is 9.27.